The zero-order valence-electron chi connectivity index (χ0n) is 7.81. The van der Waals surface area contributed by atoms with Gasteiger partial charge in [0, 0.05) is 17.3 Å². The lowest BCUT2D eigenvalue weighted by molar-refractivity contribution is 0.441. The fourth-order valence-electron chi connectivity index (χ4n) is 2.19. The Morgan fingerprint density at radius 2 is 2.33 bits per heavy atom. The van der Waals surface area contributed by atoms with Gasteiger partial charge >= 0.3 is 0 Å². The normalized spacial score (nSPS) is 27.6. The van der Waals surface area contributed by atoms with Crippen molar-refractivity contribution in [3.8, 4) is 0 Å². The van der Waals surface area contributed by atoms with Crippen molar-refractivity contribution >= 4 is 0 Å². The lowest BCUT2D eigenvalue weighted by atomic mass is 10.0. The molecule has 12 heavy (non-hydrogen) atoms. The number of hydrogen-bond acceptors (Lipinski definition) is 2. The third-order valence-corrected chi connectivity index (χ3v) is 2.78. The Morgan fingerprint density at radius 3 is 3.00 bits per heavy atom. The molecule has 2 rings (SSSR count). The van der Waals surface area contributed by atoms with Gasteiger partial charge in [0.15, 0.2) is 0 Å². The van der Waals surface area contributed by atoms with Crippen molar-refractivity contribution in [2.75, 3.05) is 7.05 Å². The molecule has 1 heterocycles. The first-order valence-corrected chi connectivity index (χ1v) is 4.45. The van der Waals surface area contributed by atoms with Crippen LogP contribution in [0.5, 0.6) is 0 Å². The van der Waals surface area contributed by atoms with Crippen LogP contribution in [-0.2, 0) is 6.42 Å². The number of nitrogens with zero attached hydrogens (tertiary/aromatic N) is 1. The molecule has 3 heteroatoms. The minimum atomic E-state index is 0.499. The number of aromatic amines is 1. The van der Waals surface area contributed by atoms with Gasteiger partial charge in [-0.25, -0.2) is 0 Å². The molecule has 0 radical (unpaired) electrons. The quantitative estimate of drug-likeness (QED) is 0.656. The lowest BCUT2D eigenvalue weighted by Gasteiger charge is -2.15. The Bertz CT molecular complexity index is 290. The first-order chi connectivity index (χ1) is 5.74. The van der Waals surface area contributed by atoms with Gasteiger partial charge in [-0.2, -0.15) is 5.10 Å². The summed E-state index contributed by atoms with van der Waals surface area (Å²) in [6, 6.07) is 0.499. The monoisotopic (exact) mass is 165 g/mol. The highest BCUT2D eigenvalue weighted by Crippen LogP contribution is 2.35. The molecule has 0 saturated carbocycles. The molecule has 1 aromatic heterocycles. The van der Waals surface area contributed by atoms with Crippen molar-refractivity contribution in [1.29, 1.82) is 0 Å². The second-order valence-corrected chi connectivity index (χ2v) is 3.66. The lowest BCUT2D eigenvalue weighted by Crippen LogP contribution is -2.20. The van der Waals surface area contributed by atoms with Crippen LogP contribution in [0.3, 0.4) is 0 Å². The van der Waals surface area contributed by atoms with E-state index in [0.717, 1.165) is 6.42 Å². The average molecular weight is 165 g/mol. The van der Waals surface area contributed by atoms with Crippen LogP contribution in [0.2, 0.25) is 0 Å². The maximum atomic E-state index is 4.28. The van der Waals surface area contributed by atoms with E-state index in [1.165, 1.54) is 17.0 Å². The zero-order chi connectivity index (χ0) is 8.72. The predicted octanol–water partition coefficient (Wildman–Crippen LogP) is 1.17. The SMILES string of the molecule is CNC1c2c(n[nH]c2C)CC1C. The largest absolute Gasteiger partial charge is 0.313 e. The van der Waals surface area contributed by atoms with E-state index < -0.39 is 0 Å². The summed E-state index contributed by atoms with van der Waals surface area (Å²) in [5.74, 6) is 0.681. The molecule has 1 aliphatic rings. The van der Waals surface area contributed by atoms with Gasteiger partial charge in [-0.15, -0.1) is 0 Å². The number of hydrogen-bond donors (Lipinski definition) is 2. The predicted molar refractivity (Wildman–Crippen MR) is 48.0 cm³/mol. The molecule has 0 bridgehead atoms. The fourth-order valence-corrected chi connectivity index (χ4v) is 2.19. The van der Waals surface area contributed by atoms with Crippen molar-refractivity contribution in [1.82, 2.24) is 15.5 Å². The molecule has 3 nitrogen and oxygen atoms in total. The number of fused-ring (bicyclic) bond motifs is 1. The van der Waals surface area contributed by atoms with E-state index in [0.29, 0.717) is 12.0 Å². The molecule has 0 fully saturated rings. The van der Waals surface area contributed by atoms with E-state index in [2.05, 4.69) is 29.4 Å². The molecule has 66 valence electrons. The van der Waals surface area contributed by atoms with E-state index in [4.69, 9.17) is 0 Å². The Balaban J connectivity index is 2.43. The van der Waals surface area contributed by atoms with Gasteiger partial charge in [-0.1, -0.05) is 6.92 Å². The molecule has 0 spiro atoms. The molecule has 0 amide bonds. The molecular weight excluding hydrogens is 150 g/mol. The minimum Gasteiger partial charge on any atom is -0.313 e. The van der Waals surface area contributed by atoms with E-state index in [1.54, 1.807) is 0 Å². The maximum Gasteiger partial charge on any atom is 0.0676 e. The summed E-state index contributed by atoms with van der Waals surface area (Å²) in [7, 11) is 2.02. The van der Waals surface area contributed by atoms with Crippen molar-refractivity contribution in [3.63, 3.8) is 0 Å². The van der Waals surface area contributed by atoms with Gasteiger partial charge in [0.1, 0.15) is 0 Å². The second kappa shape index (κ2) is 2.59. The zero-order valence-corrected chi connectivity index (χ0v) is 7.81. The van der Waals surface area contributed by atoms with Crippen LogP contribution in [0.4, 0.5) is 0 Å². The standard InChI is InChI=1S/C9H15N3/c1-5-4-7-8(9(5)10-3)6(2)11-12-7/h5,9-10H,4H2,1-3H3,(H,11,12). The molecule has 1 aromatic rings. The first kappa shape index (κ1) is 7.80. The summed E-state index contributed by atoms with van der Waals surface area (Å²) >= 11 is 0. The van der Waals surface area contributed by atoms with Crippen molar-refractivity contribution in [3.05, 3.63) is 17.0 Å². The second-order valence-electron chi connectivity index (χ2n) is 3.66. The van der Waals surface area contributed by atoms with Gasteiger partial charge in [0.05, 0.1) is 5.69 Å². The van der Waals surface area contributed by atoms with Gasteiger partial charge < -0.3 is 5.32 Å². The van der Waals surface area contributed by atoms with Crippen LogP contribution in [0.1, 0.15) is 29.9 Å². The topological polar surface area (TPSA) is 40.7 Å². The third kappa shape index (κ3) is 0.894. The summed E-state index contributed by atoms with van der Waals surface area (Å²) in [5, 5.41) is 10.7. The Hall–Kier alpha value is -0.830. The number of nitrogens with one attached hydrogen (secondary N) is 2. The fraction of sp³-hybridized carbons (Fsp3) is 0.667. The van der Waals surface area contributed by atoms with Crippen molar-refractivity contribution in [2.45, 2.75) is 26.3 Å². The van der Waals surface area contributed by atoms with Gasteiger partial charge in [-0.05, 0) is 26.3 Å². The van der Waals surface area contributed by atoms with Crippen molar-refractivity contribution in [2.24, 2.45) is 5.92 Å². The Kier molecular flexibility index (Phi) is 1.68. The molecule has 0 aromatic carbocycles. The highest BCUT2D eigenvalue weighted by atomic mass is 15.1. The molecule has 2 atom stereocenters. The number of aryl methyl sites for hydroxylation is 1. The summed E-state index contributed by atoms with van der Waals surface area (Å²) in [6.07, 6.45) is 1.10. The molecule has 2 unspecified atom stereocenters. The van der Waals surface area contributed by atoms with Crippen LogP contribution >= 0.6 is 0 Å². The van der Waals surface area contributed by atoms with E-state index in [-0.39, 0.29) is 0 Å². The van der Waals surface area contributed by atoms with Gasteiger partial charge in [0.2, 0.25) is 0 Å². The van der Waals surface area contributed by atoms with Crippen LogP contribution in [-0.4, -0.2) is 17.2 Å². The van der Waals surface area contributed by atoms with Gasteiger partial charge in [-0.3, -0.25) is 5.10 Å². The molecule has 1 aliphatic carbocycles. The van der Waals surface area contributed by atoms with Crippen LogP contribution in [0.25, 0.3) is 0 Å². The highest BCUT2D eigenvalue weighted by molar-refractivity contribution is 5.33. The number of H-pyrrole nitrogens is 1. The average Bonchev–Trinajstić information content (AvgIpc) is 2.52. The van der Waals surface area contributed by atoms with E-state index >= 15 is 0 Å². The minimum absolute atomic E-state index is 0.499. The molecule has 0 saturated heterocycles. The molecule has 2 N–H and O–H groups in total. The Morgan fingerprint density at radius 1 is 1.58 bits per heavy atom. The number of rotatable bonds is 1. The summed E-state index contributed by atoms with van der Waals surface area (Å²) in [5.41, 5.74) is 3.86. The summed E-state index contributed by atoms with van der Waals surface area (Å²) in [6.45, 7) is 4.36. The summed E-state index contributed by atoms with van der Waals surface area (Å²) < 4.78 is 0. The Labute approximate surface area is 72.6 Å². The van der Waals surface area contributed by atoms with E-state index in [9.17, 15) is 0 Å². The van der Waals surface area contributed by atoms with Crippen molar-refractivity contribution < 1.29 is 0 Å². The molecule has 0 aliphatic heterocycles. The van der Waals surface area contributed by atoms with Gasteiger partial charge in [0.25, 0.3) is 0 Å². The van der Waals surface area contributed by atoms with E-state index in [1.807, 2.05) is 7.05 Å². The summed E-state index contributed by atoms with van der Waals surface area (Å²) in [4.78, 5) is 0. The van der Waals surface area contributed by atoms with Crippen LogP contribution < -0.4 is 5.32 Å². The maximum absolute atomic E-state index is 4.28. The molecular formula is C9H15N3. The third-order valence-electron chi connectivity index (χ3n) is 2.78. The smallest absolute Gasteiger partial charge is 0.0676 e. The first-order valence-electron chi connectivity index (χ1n) is 4.45. The van der Waals surface area contributed by atoms with Crippen LogP contribution in [0.15, 0.2) is 0 Å². The highest BCUT2D eigenvalue weighted by Gasteiger charge is 2.31. The van der Waals surface area contributed by atoms with Crippen LogP contribution in [0, 0.1) is 12.8 Å². The number of aromatic nitrogens is 2.